The second-order valence-corrected chi connectivity index (χ2v) is 3.14. The summed E-state index contributed by atoms with van der Waals surface area (Å²) in [4.78, 5) is 26.9. The van der Waals surface area contributed by atoms with Gasteiger partial charge in [-0.3, -0.25) is 9.63 Å². The van der Waals surface area contributed by atoms with Gasteiger partial charge in [0.25, 0.3) is 5.91 Å². The number of nitrogens with one attached hydrogen (secondary N) is 1. The minimum atomic E-state index is -0.415. The first-order valence-corrected chi connectivity index (χ1v) is 4.58. The van der Waals surface area contributed by atoms with Crippen LogP contribution in [-0.2, 0) is 4.84 Å². The van der Waals surface area contributed by atoms with Gasteiger partial charge < -0.3 is 4.42 Å². The molecular formula is C11H9NO4. The van der Waals surface area contributed by atoms with Gasteiger partial charge in [0.2, 0.25) is 0 Å². The van der Waals surface area contributed by atoms with E-state index in [4.69, 9.17) is 4.42 Å². The van der Waals surface area contributed by atoms with Gasteiger partial charge in [0.05, 0.1) is 7.11 Å². The molecule has 0 unspecified atom stereocenters. The molecule has 0 aliphatic carbocycles. The molecular weight excluding hydrogens is 210 g/mol. The number of amides is 1. The van der Waals surface area contributed by atoms with Crippen molar-refractivity contribution in [3.8, 4) is 0 Å². The van der Waals surface area contributed by atoms with E-state index in [0.29, 0.717) is 16.5 Å². The van der Waals surface area contributed by atoms with Crippen LogP contribution in [0.15, 0.2) is 39.5 Å². The monoisotopic (exact) mass is 219 g/mol. The van der Waals surface area contributed by atoms with Crippen LogP contribution in [0.1, 0.15) is 10.4 Å². The lowest BCUT2D eigenvalue weighted by Crippen LogP contribution is -2.21. The lowest BCUT2D eigenvalue weighted by molar-refractivity contribution is 0.0538. The summed E-state index contributed by atoms with van der Waals surface area (Å²) in [5.41, 5.74) is 2.67. The lowest BCUT2D eigenvalue weighted by atomic mass is 10.1. The molecule has 0 fully saturated rings. The van der Waals surface area contributed by atoms with Crippen LogP contribution < -0.4 is 11.1 Å². The van der Waals surface area contributed by atoms with Crippen molar-refractivity contribution in [3.05, 3.63) is 46.3 Å². The molecule has 1 heterocycles. The maximum atomic E-state index is 11.4. The van der Waals surface area contributed by atoms with E-state index in [0.717, 1.165) is 0 Å². The van der Waals surface area contributed by atoms with Gasteiger partial charge in [0, 0.05) is 17.0 Å². The summed E-state index contributed by atoms with van der Waals surface area (Å²) in [5, 5.41) is 0.684. The van der Waals surface area contributed by atoms with Gasteiger partial charge >= 0.3 is 5.63 Å². The van der Waals surface area contributed by atoms with Gasteiger partial charge in [-0.15, -0.1) is 0 Å². The van der Waals surface area contributed by atoms with Gasteiger partial charge in [-0.05, 0) is 24.3 Å². The number of rotatable bonds is 2. The highest BCUT2D eigenvalue weighted by Gasteiger charge is 2.06. The second-order valence-electron chi connectivity index (χ2n) is 3.14. The van der Waals surface area contributed by atoms with Crippen LogP contribution in [0.3, 0.4) is 0 Å². The summed E-state index contributed by atoms with van der Waals surface area (Å²) in [5.74, 6) is -0.351. The van der Waals surface area contributed by atoms with Crippen molar-refractivity contribution >= 4 is 16.9 Å². The van der Waals surface area contributed by atoms with Crippen molar-refractivity contribution in [2.45, 2.75) is 0 Å². The Labute approximate surface area is 90.6 Å². The number of benzene rings is 1. The Morgan fingerprint density at radius 3 is 2.88 bits per heavy atom. The third kappa shape index (κ3) is 1.94. The normalized spacial score (nSPS) is 10.3. The maximum absolute atomic E-state index is 11.4. The largest absolute Gasteiger partial charge is 0.423 e. The highest BCUT2D eigenvalue weighted by molar-refractivity contribution is 5.96. The SMILES string of the molecule is CONC(=O)c1ccc2oc(=O)ccc2c1. The predicted molar refractivity (Wildman–Crippen MR) is 57.0 cm³/mol. The summed E-state index contributed by atoms with van der Waals surface area (Å²) >= 11 is 0. The average molecular weight is 219 g/mol. The number of hydroxylamine groups is 1. The number of hydrogen-bond donors (Lipinski definition) is 1. The van der Waals surface area contributed by atoms with E-state index in [1.54, 1.807) is 24.3 Å². The third-order valence-electron chi connectivity index (χ3n) is 2.08. The zero-order chi connectivity index (χ0) is 11.5. The first-order chi connectivity index (χ1) is 7.70. The fourth-order valence-electron chi connectivity index (χ4n) is 1.36. The summed E-state index contributed by atoms with van der Waals surface area (Å²) < 4.78 is 4.94. The van der Waals surface area contributed by atoms with Crippen LogP contribution in [0.5, 0.6) is 0 Å². The van der Waals surface area contributed by atoms with Gasteiger partial charge in [-0.2, -0.15) is 0 Å². The van der Waals surface area contributed by atoms with E-state index in [1.165, 1.54) is 13.2 Å². The Hall–Kier alpha value is -2.14. The van der Waals surface area contributed by atoms with Crippen molar-refractivity contribution in [1.29, 1.82) is 0 Å². The Morgan fingerprint density at radius 2 is 2.12 bits per heavy atom. The predicted octanol–water partition coefficient (Wildman–Crippen LogP) is 1.08. The molecule has 5 nitrogen and oxygen atoms in total. The Morgan fingerprint density at radius 1 is 1.31 bits per heavy atom. The fraction of sp³-hybridized carbons (Fsp3) is 0.0909. The van der Waals surface area contributed by atoms with Crippen LogP contribution in [0.25, 0.3) is 11.0 Å². The molecule has 1 amide bonds. The minimum Gasteiger partial charge on any atom is -0.423 e. The highest BCUT2D eigenvalue weighted by Crippen LogP contribution is 2.13. The standard InChI is InChI=1S/C11H9NO4/c1-15-12-11(14)8-2-4-9-7(6-8)3-5-10(13)16-9/h2-6H,1H3,(H,12,14). The Bertz CT molecular complexity index is 588. The molecule has 5 heteroatoms. The van der Waals surface area contributed by atoms with Crippen molar-refractivity contribution in [2.24, 2.45) is 0 Å². The number of fused-ring (bicyclic) bond motifs is 1. The fourth-order valence-corrected chi connectivity index (χ4v) is 1.36. The van der Waals surface area contributed by atoms with E-state index in [-0.39, 0.29) is 5.91 Å². The highest BCUT2D eigenvalue weighted by atomic mass is 16.6. The van der Waals surface area contributed by atoms with E-state index in [1.807, 2.05) is 0 Å². The van der Waals surface area contributed by atoms with E-state index in [9.17, 15) is 9.59 Å². The first kappa shape index (κ1) is 10.4. The molecule has 0 spiro atoms. The molecule has 82 valence electrons. The quantitative estimate of drug-likeness (QED) is 0.606. The minimum absolute atomic E-state index is 0.351. The molecule has 2 rings (SSSR count). The summed E-state index contributed by atoms with van der Waals surface area (Å²) in [6, 6.07) is 7.65. The molecule has 0 radical (unpaired) electrons. The van der Waals surface area contributed by atoms with E-state index >= 15 is 0 Å². The van der Waals surface area contributed by atoms with Gasteiger partial charge in [-0.1, -0.05) is 0 Å². The molecule has 0 saturated carbocycles. The Balaban J connectivity index is 2.48. The zero-order valence-corrected chi connectivity index (χ0v) is 8.52. The second kappa shape index (κ2) is 4.16. The summed E-state index contributed by atoms with van der Waals surface area (Å²) in [6.07, 6.45) is 0. The van der Waals surface area contributed by atoms with Gasteiger partial charge in [0.1, 0.15) is 5.58 Å². The molecule has 0 bridgehead atoms. The van der Waals surface area contributed by atoms with Crippen LogP contribution in [-0.4, -0.2) is 13.0 Å². The van der Waals surface area contributed by atoms with Crippen molar-refractivity contribution < 1.29 is 14.0 Å². The first-order valence-electron chi connectivity index (χ1n) is 4.58. The van der Waals surface area contributed by atoms with Gasteiger partial charge in [-0.25, -0.2) is 10.3 Å². The maximum Gasteiger partial charge on any atom is 0.336 e. The summed E-state index contributed by atoms with van der Waals surface area (Å²) in [6.45, 7) is 0. The number of carbonyl (C=O) groups is 1. The van der Waals surface area contributed by atoms with Crippen molar-refractivity contribution in [3.63, 3.8) is 0 Å². The van der Waals surface area contributed by atoms with Crippen molar-refractivity contribution in [1.82, 2.24) is 5.48 Å². The van der Waals surface area contributed by atoms with E-state index in [2.05, 4.69) is 10.3 Å². The van der Waals surface area contributed by atoms with Crippen LogP contribution in [0.2, 0.25) is 0 Å². The Kier molecular flexibility index (Phi) is 2.70. The molecule has 1 aromatic heterocycles. The molecule has 0 saturated heterocycles. The molecule has 0 aliphatic rings. The number of hydrogen-bond acceptors (Lipinski definition) is 4. The molecule has 1 aromatic carbocycles. The summed E-state index contributed by atoms with van der Waals surface area (Å²) in [7, 11) is 1.36. The average Bonchev–Trinajstić information content (AvgIpc) is 2.28. The topological polar surface area (TPSA) is 68.5 Å². The molecule has 16 heavy (non-hydrogen) atoms. The van der Waals surface area contributed by atoms with Gasteiger partial charge in [0.15, 0.2) is 0 Å². The lowest BCUT2D eigenvalue weighted by Gasteiger charge is -2.02. The molecule has 2 aromatic rings. The van der Waals surface area contributed by atoms with Crippen LogP contribution in [0.4, 0.5) is 0 Å². The van der Waals surface area contributed by atoms with Crippen LogP contribution >= 0.6 is 0 Å². The molecule has 1 N–H and O–H groups in total. The van der Waals surface area contributed by atoms with Crippen molar-refractivity contribution in [2.75, 3.05) is 7.11 Å². The zero-order valence-electron chi connectivity index (χ0n) is 8.52. The smallest absolute Gasteiger partial charge is 0.336 e. The van der Waals surface area contributed by atoms with E-state index < -0.39 is 5.63 Å². The third-order valence-corrected chi connectivity index (χ3v) is 2.08. The molecule has 0 atom stereocenters. The number of carbonyl (C=O) groups excluding carboxylic acids is 1. The van der Waals surface area contributed by atoms with Crippen LogP contribution in [0, 0.1) is 0 Å². The molecule has 0 aliphatic heterocycles.